The van der Waals surface area contributed by atoms with E-state index in [1.165, 1.54) is 23.5 Å². The molecule has 0 aliphatic rings. The summed E-state index contributed by atoms with van der Waals surface area (Å²) in [6.07, 6.45) is 0. The molecule has 0 spiro atoms. The van der Waals surface area contributed by atoms with Crippen LogP contribution in [-0.4, -0.2) is 17.9 Å². The van der Waals surface area contributed by atoms with Crippen molar-refractivity contribution in [2.24, 2.45) is 0 Å². The predicted octanol–water partition coefficient (Wildman–Crippen LogP) is 2.32. The van der Waals surface area contributed by atoms with Crippen LogP contribution in [-0.2, 0) is 11.3 Å². The minimum absolute atomic E-state index is 0.269. The Labute approximate surface area is 126 Å². The number of rotatable bonds is 5. The van der Waals surface area contributed by atoms with Gasteiger partial charge >= 0.3 is 0 Å². The van der Waals surface area contributed by atoms with Gasteiger partial charge in [0.1, 0.15) is 11.9 Å². The van der Waals surface area contributed by atoms with Crippen LogP contribution in [0.4, 0.5) is 4.39 Å². The van der Waals surface area contributed by atoms with Crippen LogP contribution in [0.2, 0.25) is 0 Å². The molecular formula is C15H15FN2O2S. The number of thiophene rings is 1. The number of hydrogen-bond donors (Lipinski definition) is 2. The third-order valence-electron chi connectivity index (χ3n) is 2.87. The minimum atomic E-state index is -0.639. The summed E-state index contributed by atoms with van der Waals surface area (Å²) in [6.45, 7) is 1.91. The average Bonchev–Trinajstić information content (AvgIpc) is 3.00. The average molecular weight is 306 g/mol. The number of carbonyl (C=O) groups excluding carboxylic acids is 2. The van der Waals surface area contributed by atoms with Gasteiger partial charge in [-0.2, -0.15) is 0 Å². The van der Waals surface area contributed by atoms with Gasteiger partial charge in [0.25, 0.3) is 5.91 Å². The van der Waals surface area contributed by atoms with Crippen molar-refractivity contribution in [2.75, 3.05) is 0 Å². The normalized spacial score (nSPS) is 11.7. The van der Waals surface area contributed by atoms with E-state index in [-0.39, 0.29) is 17.6 Å². The van der Waals surface area contributed by atoms with Crippen LogP contribution >= 0.6 is 11.3 Å². The molecule has 2 amide bonds. The number of halogens is 1. The number of nitrogens with one attached hydrogen (secondary N) is 2. The molecule has 2 rings (SSSR count). The molecule has 0 saturated carbocycles. The van der Waals surface area contributed by atoms with Crippen molar-refractivity contribution < 1.29 is 14.0 Å². The van der Waals surface area contributed by atoms with Crippen molar-refractivity contribution in [1.82, 2.24) is 10.6 Å². The Morgan fingerprint density at radius 3 is 2.57 bits per heavy atom. The fraction of sp³-hybridized carbons (Fsp3) is 0.200. The van der Waals surface area contributed by atoms with E-state index in [1.54, 1.807) is 36.6 Å². The maximum Gasteiger partial charge on any atom is 0.261 e. The lowest BCUT2D eigenvalue weighted by molar-refractivity contribution is -0.122. The Hall–Kier alpha value is -2.21. The number of hydrogen-bond acceptors (Lipinski definition) is 3. The molecule has 0 bridgehead atoms. The molecule has 0 aliphatic heterocycles. The van der Waals surface area contributed by atoms with Gasteiger partial charge in [0, 0.05) is 6.54 Å². The lowest BCUT2D eigenvalue weighted by atomic mass is 10.2. The molecule has 2 N–H and O–H groups in total. The minimum Gasteiger partial charge on any atom is -0.350 e. The van der Waals surface area contributed by atoms with Crippen LogP contribution in [0.1, 0.15) is 22.2 Å². The number of benzene rings is 1. The van der Waals surface area contributed by atoms with Gasteiger partial charge in [-0.05, 0) is 36.1 Å². The molecule has 1 heterocycles. The summed E-state index contributed by atoms with van der Waals surface area (Å²) < 4.78 is 12.8. The third kappa shape index (κ3) is 4.39. The highest BCUT2D eigenvalue weighted by atomic mass is 32.1. The Morgan fingerprint density at radius 1 is 1.24 bits per heavy atom. The Bertz CT molecular complexity index is 611. The van der Waals surface area contributed by atoms with Gasteiger partial charge < -0.3 is 10.6 Å². The standard InChI is InChI=1S/C15H15FN2O2S/c1-10(18-15(20)13-3-2-8-21-13)14(19)17-9-11-4-6-12(16)7-5-11/h2-8,10H,9H2,1H3,(H,17,19)(H,18,20)/t10-/m1/s1. The highest BCUT2D eigenvalue weighted by Crippen LogP contribution is 2.08. The molecule has 2 aromatic rings. The first-order chi connectivity index (χ1) is 10.1. The predicted molar refractivity (Wildman–Crippen MR) is 79.5 cm³/mol. The van der Waals surface area contributed by atoms with Crippen LogP contribution in [0.15, 0.2) is 41.8 Å². The van der Waals surface area contributed by atoms with Gasteiger partial charge in [-0.25, -0.2) is 4.39 Å². The van der Waals surface area contributed by atoms with Gasteiger partial charge in [-0.1, -0.05) is 18.2 Å². The number of carbonyl (C=O) groups is 2. The molecule has 1 aromatic carbocycles. The molecule has 6 heteroatoms. The first-order valence-corrected chi connectivity index (χ1v) is 7.31. The van der Waals surface area contributed by atoms with E-state index in [2.05, 4.69) is 10.6 Å². The molecule has 0 aliphatic carbocycles. The van der Waals surface area contributed by atoms with Crippen LogP contribution in [0.3, 0.4) is 0 Å². The summed E-state index contributed by atoms with van der Waals surface area (Å²) in [4.78, 5) is 24.3. The molecule has 0 unspecified atom stereocenters. The van der Waals surface area contributed by atoms with Crippen molar-refractivity contribution in [3.05, 3.63) is 58.0 Å². The van der Waals surface area contributed by atoms with E-state index in [1.807, 2.05) is 0 Å². The van der Waals surface area contributed by atoms with Gasteiger partial charge in [-0.3, -0.25) is 9.59 Å². The molecule has 110 valence electrons. The molecule has 0 fully saturated rings. The van der Waals surface area contributed by atoms with Crippen LogP contribution in [0.25, 0.3) is 0 Å². The van der Waals surface area contributed by atoms with Crippen molar-refractivity contribution in [3.63, 3.8) is 0 Å². The van der Waals surface area contributed by atoms with Gasteiger partial charge in [0.05, 0.1) is 4.88 Å². The summed E-state index contributed by atoms with van der Waals surface area (Å²) in [7, 11) is 0. The summed E-state index contributed by atoms with van der Waals surface area (Å²) in [5.74, 6) is -0.875. The van der Waals surface area contributed by atoms with Gasteiger partial charge in [-0.15, -0.1) is 11.3 Å². The van der Waals surface area contributed by atoms with E-state index in [4.69, 9.17) is 0 Å². The Balaban J connectivity index is 1.82. The van der Waals surface area contributed by atoms with Crippen LogP contribution in [0.5, 0.6) is 0 Å². The highest BCUT2D eigenvalue weighted by Gasteiger charge is 2.16. The summed E-state index contributed by atoms with van der Waals surface area (Å²) in [6, 6.07) is 8.71. The zero-order chi connectivity index (χ0) is 15.2. The second-order valence-corrected chi connectivity index (χ2v) is 5.46. The van der Waals surface area contributed by atoms with E-state index in [9.17, 15) is 14.0 Å². The Kier molecular flexibility index (Phi) is 5.05. The van der Waals surface area contributed by atoms with Gasteiger partial charge in [0.15, 0.2) is 0 Å². The van der Waals surface area contributed by atoms with Crippen LogP contribution in [0, 0.1) is 5.82 Å². The van der Waals surface area contributed by atoms with Crippen molar-refractivity contribution in [1.29, 1.82) is 0 Å². The first kappa shape index (κ1) is 15.2. The molecule has 1 atom stereocenters. The molecule has 21 heavy (non-hydrogen) atoms. The molecular weight excluding hydrogens is 291 g/mol. The second-order valence-electron chi connectivity index (χ2n) is 4.52. The molecule has 4 nitrogen and oxygen atoms in total. The zero-order valence-electron chi connectivity index (χ0n) is 11.4. The highest BCUT2D eigenvalue weighted by molar-refractivity contribution is 7.12. The molecule has 0 saturated heterocycles. The third-order valence-corrected chi connectivity index (χ3v) is 3.73. The number of amides is 2. The largest absolute Gasteiger partial charge is 0.350 e. The molecule has 0 radical (unpaired) electrons. The van der Waals surface area contributed by atoms with E-state index in [0.29, 0.717) is 11.4 Å². The summed E-state index contributed by atoms with van der Waals surface area (Å²) in [5, 5.41) is 7.12. The molecule has 1 aromatic heterocycles. The maximum atomic E-state index is 12.8. The van der Waals surface area contributed by atoms with E-state index >= 15 is 0 Å². The summed E-state index contributed by atoms with van der Waals surface area (Å²) >= 11 is 1.32. The zero-order valence-corrected chi connectivity index (χ0v) is 12.2. The second kappa shape index (κ2) is 6.99. The smallest absolute Gasteiger partial charge is 0.261 e. The quantitative estimate of drug-likeness (QED) is 0.890. The van der Waals surface area contributed by atoms with Crippen molar-refractivity contribution >= 4 is 23.2 Å². The lowest BCUT2D eigenvalue weighted by Crippen LogP contribution is -2.44. The van der Waals surface area contributed by atoms with Crippen molar-refractivity contribution in [3.8, 4) is 0 Å². The summed E-state index contributed by atoms with van der Waals surface area (Å²) in [5.41, 5.74) is 0.793. The first-order valence-electron chi connectivity index (χ1n) is 6.43. The van der Waals surface area contributed by atoms with Crippen LogP contribution < -0.4 is 10.6 Å². The van der Waals surface area contributed by atoms with Crippen molar-refractivity contribution in [2.45, 2.75) is 19.5 Å². The fourth-order valence-corrected chi connectivity index (χ4v) is 2.31. The van der Waals surface area contributed by atoms with Gasteiger partial charge in [0.2, 0.25) is 5.91 Å². The Morgan fingerprint density at radius 2 is 1.95 bits per heavy atom. The SMILES string of the molecule is C[C@@H](NC(=O)c1cccs1)C(=O)NCc1ccc(F)cc1. The monoisotopic (exact) mass is 306 g/mol. The maximum absolute atomic E-state index is 12.8. The van der Waals surface area contributed by atoms with E-state index in [0.717, 1.165) is 5.56 Å². The fourth-order valence-electron chi connectivity index (χ4n) is 1.69. The lowest BCUT2D eigenvalue weighted by Gasteiger charge is -2.13. The van der Waals surface area contributed by atoms with E-state index < -0.39 is 6.04 Å². The topological polar surface area (TPSA) is 58.2 Å².